The van der Waals surface area contributed by atoms with Crippen molar-refractivity contribution < 1.29 is 32.6 Å². The molecule has 0 saturated carbocycles. The fourth-order valence-corrected chi connectivity index (χ4v) is 5.81. The number of hydrogen-bond acceptors (Lipinski definition) is 6. The van der Waals surface area contributed by atoms with E-state index in [0.29, 0.717) is 16.7 Å². The van der Waals surface area contributed by atoms with Crippen molar-refractivity contribution in [2.75, 3.05) is 0 Å². The van der Waals surface area contributed by atoms with E-state index in [9.17, 15) is 27.9 Å². The van der Waals surface area contributed by atoms with Crippen LogP contribution in [0.3, 0.4) is 0 Å². The van der Waals surface area contributed by atoms with Gasteiger partial charge in [-0.3, -0.25) is 4.79 Å². The number of amides is 2. The molecule has 10 heteroatoms. The van der Waals surface area contributed by atoms with Gasteiger partial charge in [-0.05, 0) is 49.9 Å². The second-order valence-corrected chi connectivity index (χ2v) is 11.0. The van der Waals surface area contributed by atoms with Gasteiger partial charge in [-0.1, -0.05) is 48.5 Å². The van der Waals surface area contributed by atoms with Crippen LogP contribution in [0.5, 0.6) is 0 Å². The van der Waals surface area contributed by atoms with Crippen LogP contribution >= 0.6 is 0 Å². The first kappa shape index (κ1) is 26.0. The molecule has 0 radical (unpaired) electrons. The van der Waals surface area contributed by atoms with Crippen LogP contribution < -0.4 is 5.32 Å². The number of carboxylic acid groups (broad SMARTS) is 1. The summed E-state index contributed by atoms with van der Waals surface area (Å²) in [5.41, 5.74) is 1.32. The molecule has 35 heavy (non-hydrogen) atoms. The Bertz CT molecular complexity index is 1280. The smallest absolute Gasteiger partial charge is 0.408 e. The van der Waals surface area contributed by atoms with Gasteiger partial charge in [0.1, 0.15) is 17.6 Å². The molecule has 0 fully saturated rings. The summed E-state index contributed by atoms with van der Waals surface area (Å²) in [5.74, 6) is -1.85. The molecular formula is C25H28N2O7S. The SMILES string of the molecule is Cc1cc(C[C@H](NC(=O)OCc2ccccc2)C(=O)O)ccc1C1=CC(=O)N(C(C)(C)C)S1(=O)=O. The lowest BCUT2D eigenvalue weighted by Gasteiger charge is -2.30. The van der Waals surface area contributed by atoms with Crippen LogP contribution in [0.25, 0.3) is 4.91 Å². The average molecular weight is 501 g/mol. The summed E-state index contributed by atoms with van der Waals surface area (Å²) in [6, 6.07) is 12.5. The van der Waals surface area contributed by atoms with E-state index in [4.69, 9.17) is 4.74 Å². The quantitative estimate of drug-likeness (QED) is 0.597. The number of alkyl carbamates (subject to hydrolysis) is 1. The van der Waals surface area contributed by atoms with E-state index in [1.165, 1.54) is 0 Å². The largest absolute Gasteiger partial charge is 0.480 e. The standard InChI is InChI=1S/C25H28N2O7S/c1-16-12-18(10-11-19(16)21-14-22(28)27(25(2,3)4)35(21,32)33)13-20(23(29)30)26-24(31)34-15-17-8-6-5-7-9-17/h5-12,14,20H,13,15H2,1-4H3,(H,26,31)(H,29,30)/t20-/m0/s1. The van der Waals surface area contributed by atoms with E-state index in [0.717, 1.165) is 15.9 Å². The molecular weight excluding hydrogens is 472 g/mol. The number of hydrogen-bond donors (Lipinski definition) is 2. The number of carbonyl (C=O) groups excluding carboxylic acids is 2. The zero-order valence-electron chi connectivity index (χ0n) is 19.9. The zero-order valence-corrected chi connectivity index (χ0v) is 20.8. The minimum Gasteiger partial charge on any atom is -0.480 e. The third kappa shape index (κ3) is 5.89. The number of sulfonamides is 1. The van der Waals surface area contributed by atoms with E-state index in [1.54, 1.807) is 70.2 Å². The molecule has 0 aliphatic carbocycles. The van der Waals surface area contributed by atoms with Gasteiger partial charge in [-0.25, -0.2) is 22.3 Å². The van der Waals surface area contributed by atoms with Gasteiger partial charge in [0, 0.05) is 12.5 Å². The van der Waals surface area contributed by atoms with Crippen molar-refractivity contribution in [1.82, 2.24) is 9.62 Å². The first-order chi connectivity index (χ1) is 16.3. The molecule has 0 bridgehead atoms. The normalized spacial score (nSPS) is 15.9. The third-order valence-electron chi connectivity index (χ3n) is 5.38. The number of carbonyl (C=O) groups is 3. The van der Waals surface area contributed by atoms with E-state index in [-0.39, 0.29) is 17.9 Å². The molecule has 2 amide bonds. The minimum atomic E-state index is -4.03. The maximum Gasteiger partial charge on any atom is 0.408 e. The summed E-state index contributed by atoms with van der Waals surface area (Å²) in [4.78, 5) is 36.2. The third-order valence-corrected chi connectivity index (χ3v) is 7.48. The molecule has 9 nitrogen and oxygen atoms in total. The Balaban J connectivity index is 1.73. The Labute approximate surface area is 204 Å². The monoisotopic (exact) mass is 500 g/mol. The molecule has 2 aromatic carbocycles. The van der Waals surface area contributed by atoms with Gasteiger partial charge in [0.05, 0.1) is 5.54 Å². The first-order valence-corrected chi connectivity index (χ1v) is 12.4. The van der Waals surface area contributed by atoms with Gasteiger partial charge in [-0.15, -0.1) is 0 Å². The fourth-order valence-electron chi connectivity index (χ4n) is 3.84. The predicted molar refractivity (Wildman–Crippen MR) is 130 cm³/mol. The Morgan fingerprint density at radius 2 is 1.74 bits per heavy atom. The summed E-state index contributed by atoms with van der Waals surface area (Å²) >= 11 is 0. The van der Waals surface area contributed by atoms with Crippen molar-refractivity contribution in [2.24, 2.45) is 0 Å². The van der Waals surface area contributed by atoms with Crippen molar-refractivity contribution in [3.63, 3.8) is 0 Å². The van der Waals surface area contributed by atoms with Gasteiger partial charge in [0.25, 0.3) is 15.9 Å². The lowest BCUT2D eigenvalue weighted by molar-refractivity contribution is -0.139. The summed E-state index contributed by atoms with van der Waals surface area (Å²) in [6.07, 6.45) is 0.195. The van der Waals surface area contributed by atoms with Crippen LogP contribution in [0.2, 0.25) is 0 Å². The number of nitrogens with one attached hydrogen (secondary N) is 1. The Morgan fingerprint density at radius 1 is 1.09 bits per heavy atom. The molecule has 1 aliphatic heterocycles. The molecule has 186 valence electrons. The molecule has 2 N–H and O–H groups in total. The van der Waals surface area contributed by atoms with E-state index in [2.05, 4.69) is 5.32 Å². The van der Waals surface area contributed by atoms with Gasteiger partial charge in [-0.2, -0.15) is 0 Å². The predicted octanol–water partition coefficient (Wildman–Crippen LogP) is 3.23. The number of ether oxygens (including phenoxy) is 1. The molecule has 0 spiro atoms. The summed E-state index contributed by atoms with van der Waals surface area (Å²) in [7, 11) is -4.03. The highest BCUT2D eigenvalue weighted by molar-refractivity contribution is 7.99. The second kappa shape index (κ2) is 9.91. The van der Waals surface area contributed by atoms with Crippen LogP contribution in [-0.4, -0.2) is 47.4 Å². The van der Waals surface area contributed by atoms with E-state index >= 15 is 0 Å². The van der Waals surface area contributed by atoms with E-state index < -0.39 is 39.6 Å². The molecule has 2 aromatic rings. The zero-order chi connectivity index (χ0) is 26.0. The Kier molecular flexibility index (Phi) is 7.35. The number of rotatable bonds is 7. The highest BCUT2D eigenvalue weighted by Crippen LogP contribution is 2.36. The topological polar surface area (TPSA) is 130 Å². The molecule has 0 unspecified atom stereocenters. The van der Waals surface area contributed by atoms with E-state index in [1.807, 2.05) is 6.07 Å². The van der Waals surface area contributed by atoms with Crippen LogP contribution in [-0.2, 0) is 37.4 Å². The van der Waals surface area contributed by atoms with Crippen molar-refractivity contribution in [2.45, 2.75) is 52.3 Å². The number of nitrogens with zero attached hydrogens (tertiary/aromatic N) is 1. The number of benzene rings is 2. The number of aryl methyl sites for hydroxylation is 1. The highest BCUT2D eigenvalue weighted by atomic mass is 32.2. The first-order valence-electron chi connectivity index (χ1n) is 10.9. The molecule has 1 atom stereocenters. The molecule has 0 saturated heterocycles. The summed E-state index contributed by atoms with van der Waals surface area (Å²) in [5, 5.41) is 11.9. The van der Waals surface area contributed by atoms with Crippen molar-refractivity contribution in [3.05, 3.63) is 76.9 Å². The number of carboxylic acids is 1. The average Bonchev–Trinajstić information content (AvgIpc) is 3.00. The van der Waals surface area contributed by atoms with Gasteiger partial charge in [0.2, 0.25) is 0 Å². The lowest BCUT2D eigenvalue weighted by Crippen LogP contribution is -2.45. The number of aliphatic carboxylic acids is 1. The van der Waals surface area contributed by atoms with Crippen LogP contribution in [0.15, 0.2) is 54.6 Å². The fraction of sp³-hybridized carbons (Fsp3) is 0.320. The summed E-state index contributed by atoms with van der Waals surface area (Å²) < 4.78 is 32.0. The van der Waals surface area contributed by atoms with Gasteiger partial charge < -0.3 is 15.2 Å². The maximum atomic E-state index is 13.0. The van der Waals surface area contributed by atoms with Gasteiger partial charge in [0.15, 0.2) is 0 Å². The van der Waals surface area contributed by atoms with Crippen LogP contribution in [0, 0.1) is 6.92 Å². The van der Waals surface area contributed by atoms with Gasteiger partial charge >= 0.3 is 12.1 Å². The Morgan fingerprint density at radius 3 is 2.29 bits per heavy atom. The van der Waals surface area contributed by atoms with Crippen molar-refractivity contribution in [3.8, 4) is 0 Å². The van der Waals surface area contributed by atoms with Crippen LogP contribution in [0.4, 0.5) is 4.79 Å². The minimum absolute atomic E-state index is 0.000701. The van der Waals surface area contributed by atoms with Crippen molar-refractivity contribution >= 4 is 32.9 Å². The maximum absolute atomic E-state index is 13.0. The van der Waals surface area contributed by atoms with Crippen molar-refractivity contribution in [1.29, 1.82) is 0 Å². The highest BCUT2D eigenvalue weighted by Gasteiger charge is 2.44. The molecule has 0 aromatic heterocycles. The second-order valence-electron chi connectivity index (χ2n) is 9.24. The summed E-state index contributed by atoms with van der Waals surface area (Å²) in [6.45, 7) is 6.59. The lowest BCUT2D eigenvalue weighted by atomic mass is 9.99. The van der Waals surface area contributed by atoms with Crippen LogP contribution in [0.1, 0.15) is 43.0 Å². The Hall–Kier alpha value is -3.66. The molecule has 1 aliphatic rings. The molecule has 3 rings (SSSR count). The molecule has 1 heterocycles.